The van der Waals surface area contributed by atoms with Crippen LogP contribution in [0.2, 0.25) is 10.2 Å². The molecule has 20 heavy (non-hydrogen) atoms. The van der Waals surface area contributed by atoms with Gasteiger partial charge in [-0.05, 0) is 60.2 Å². The van der Waals surface area contributed by atoms with Crippen LogP contribution in [-0.4, -0.2) is 19.8 Å². The van der Waals surface area contributed by atoms with Crippen molar-refractivity contribution in [2.75, 3.05) is 0 Å². The van der Waals surface area contributed by atoms with Crippen LogP contribution in [0.5, 0.6) is 0 Å². The normalized spacial score (nSPS) is 11.2. The van der Waals surface area contributed by atoms with E-state index >= 15 is 0 Å². The van der Waals surface area contributed by atoms with Crippen LogP contribution in [0.4, 0.5) is 0 Å². The molecule has 0 aliphatic carbocycles. The molecule has 3 rings (SSSR count). The van der Waals surface area contributed by atoms with Gasteiger partial charge in [-0.2, -0.15) is 9.61 Å². The third-order valence-electron chi connectivity index (χ3n) is 3.21. The largest absolute Gasteiger partial charge is 0.191 e. The molecular formula is C13H9Cl2IN4. The minimum absolute atomic E-state index is 0.452. The molecule has 0 aliphatic rings. The Morgan fingerprint density at radius 3 is 2.55 bits per heavy atom. The molecule has 0 N–H and O–H groups in total. The number of nitrogens with zero attached hydrogens (tertiary/aromatic N) is 4. The third-order valence-corrected chi connectivity index (χ3v) is 5.14. The maximum atomic E-state index is 6.16. The number of halogens is 3. The van der Waals surface area contributed by atoms with Crippen molar-refractivity contribution in [1.82, 2.24) is 19.8 Å². The van der Waals surface area contributed by atoms with E-state index in [1.54, 1.807) is 4.52 Å². The van der Waals surface area contributed by atoms with Crippen molar-refractivity contribution in [2.45, 2.75) is 13.8 Å². The van der Waals surface area contributed by atoms with Gasteiger partial charge in [-0.1, -0.05) is 23.2 Å². The first kappa shape index (κ1) is 14.0. The monoisotopic (exact) mass is 418 g/mol. The highest BCUT2D eigenvalue weighted by Gasteiger charge is 2.15. The number of aromatic nitrogens is 4. The Morgan fingerprint density at radius 2 is 1.85 bits per heavy atom. The van der Waals surface area contributed by atoms with Gasteiger partial charge in [0.15, 0.2) is 16.6 Å². The summed E-state index contributed by atoms with van der Waals surface area (Å²) in [6.45, 7) is 3.87. The highest BCUT2D eigenvalue weighted by molar-refractivity contribution is 14.1. The fourth-order valence-electron chi connectivity index (χ4n) is 1.91. The summed E-state index contributed by atoms with van der Waals surface area (Å²) in [5.74, 6) is 0.628. The van der Waals surface area contributed by atoms with Gasteiger partial charge in [0.25, 0.3) is 0 Å². The molecule has 102 valence electrons. The molecule has 2 heterocycles. The fourth-order valence-corrected chi connectivity index (χ4v) is 2.64. The van der Waals surface area contributed by atoms with Gasteiger partial charge < -0.3 is 0 Å². The lowest BCUT2D eigenvalue weighted by molar-refractivity contribution is 0.919. The summed E-state index contributed by atoms with van der Waals surface area (Å²) >= 11 is 14.5. The lowest BCUT2D eigenvalue weighted by atomic mass is 10.2. The number of fused-ring (bicyclic) bond motifs is 1. The van der Waals surface area contributed by atoms with Crippen LogP contribution in [-0.2, 0) is 0 Å². The summed E-state index contributed by atoms with van der Waals surface area (Å²) in [5, 5.41) is 13.9. The molecule has 0 aliphatic heterocycles. The Hall–Kier alpha value is -0.920. The molecule has 7 heteroatoms. The fraction of sp³-hybridized carbons (Fsp3) is 0.154. The molecule has 0 radical (unpaired) electrons. The van der Waals surface area contributed by atoms with E-state index in [0.29, 0.717) is 21.6 Å². The van der Waals surface area contributed by atoms with Gasteiger partial charge in [0.1, 0.15) is 0 Å². The Kier molecular flexibility index (Phi) is 3.60. The highest BCUT2D eigenvalue weighted by Crippen LogP contribution is 2.27. The zero-order valence-corrected chi connectivity index (χ0v) is 14.3. The average molecular weight is 419 g/mol. The molecule has 0 fully saturated rings. The second-order valence-corrected chi connectivity index (χ2v) is 6.36. The van der Waals surface area contributed by atoms with E-state index in [9.17, 15) is 0 Å². The van der Waals surface area contributed by atoms with Crippen LogP contribution in [0.25, 0.3) is 17.0 Å². The summed E-state index contributed by atoms with van der Waals surface area (Å²) in [6, 6.07) is 5.72. The van der Waals surface area contributed by atoms with Crippen LogP contribution < -0.4 is 0 Å². The summed E-state index contributed by atoms with van der Waals surface area (Å²) in [5.41, 5.74) is 3.45. The first-order valence-corrected chi connectivity index (χ1v) is 7.66. The van der Waals surface area contributed by atoms with Crippen LogP contribution in [0, 0.1) is 17.4 Å². The maximum Gasteiger partial charge on any atom is 0.185 e. The van der Waals surface area contributed by atoms with Crippen molar-refractivity contribution in [2.24, 2.45) is 0 Å². The van der Waals surface area contributed by atoms with E-state index in [1.165, 1.54) is 0 Å². The predicted molar refractivity (Wildman–Crippen MR) is 88.4 cm³/mol. The van der Waals surface area contributed by atoms with Crippen LogP contribution in [0.1, 0.15) is 11.1 Å². The molecule has 2 aromatic heterocycles. The summed E-state index contributed by atoms with van der Waals surface area (Å²) < 4.78 is 2.64. The number of benzene rings is 1. The van der Waals surface area contributed by atoms with Gasteiger partial charge in [-0.25, -0.2) is 0 Å². The minimum atomic E-state index is 0.452. The quantitative estimate of drug-likeness (QED) is 0.552. The SMILES string of the molecule is Cc1c(Cl)nn2c(-c3ccc(I)c(Cl)c3)nnc2c1C. The third kappa shape index (κ3) is 2.17. The van der Waals surface area contributed by atoms with Crippen molar-refractivity contribution < 1.29 is 0 Å². The van der Waals surface area contributed by atoms with Crippen LogP contribution >= 0.6 is 45.8 Å². The molecule has 0 bridgehead atoms. The average Bonchev–Trinajstić information content (AvgIpc) is 2.83. The van der Waals surface area contributed by atoms with Crippen molar-refractivity contribution >= 4 is 51.4 Å². The van der Waals surface area contributed by atoms with Crippen molar-refractivity contribution in [3.63, 3.8) is 0 Å². The molecule has 0 amide bonds. The summed E-state index contributed by atoms with van der Waals surface area (Å²) in [4.78, 5) is 0. The van der Waals surface area contributed by atoms with Crippen LogP contribution in [0.3, 0.4) is 0 Å². The molecule has 1 aromatic carbocycles. The van der Waals surface area contributed by atoms with Gasteiger partial charge in [-0.15, -0.1) is 10.2 Å². The Morgan fingerprint density at radius 1 is 1.10 bits per heavy atom. The Bertz CT molecular complexity index is 829. The Labute approximate surface area is 139 Å². The first-order chi connectivity index (χ1) is 9.49. The van der Waals surface area contributed by atoms with Gasteiger partial charge in [0.05, 0.1) is 5.02 Å². The number of aryl methyl sites for hydroxylation is 1. The maximum absolute atomic E-state index is 6.16. The molecule has 4 nitrogen and oxygen atoms in total. The number of hydrogen-bond acceptors (Lipinski definition) is 3. The molecule has 0 spiro atoms. The predicted octanol–water partition coefficient (Wildman–Crippen LogP) is 4.32. The number of rotatable bonds is 1. The first-order valence-electron chi connectivity index (χ1n) is 5.82. The van der Waals surface area contributed by atoms with Gasteiger partial charge in [0.2, 0.25) is 0 Å². The highest BCUT2D eigenvalue weighted by atomic mass is 127. The zero-order chi connectivity index (χ0) is 14.4. The number of hydrogen-bond donors (Lipinski definition) is 0. The van der Waals surface area contributed by atoms with E-state index in [4.69, 9.17) is 23.2 Å². The summed E-state index contributed by atoms with van der Waals surface area (Å²) in [6.07, 6.45) is 0. The van der Waals surface area contributed by atoms with E-state index in [0.717, 1.165) is 20.3 Å². The molecule has 0 saturated heterocycles. The van der Waals surface area contributed by atoms with E-state index in [1.807, 2.05) is 32.0 Å². The topological polar surface area (TPSA) is 43.1 Å². The zero-order valence-electron chi connectivity index (χ0n) is 10.7. The summed E-state index contributed by atoms with van der Waals surface area (Å²) in [7, 11) is 0. The second kappa shape index (κ2) is 5.13. The Balaban J connectivity index is 2.29. The van der Waals surface area contributed by atoms with E-state index < -0.39 is 0 Å². The van der Waals surface area contributed by atoms with E-state index in [-0.39, 0.29) is 0 Å². The molecule has 0 unspecified atom stereocenters. The van der Waals surface area contributed by atoms with Gasteiger partial charge >= 0.3 is 0 Å². The lowest BCUT2D eigenvalue weighted by Crippen LogP contribution is -2.00. The van der Waals surface area contributed by atoms with Gasteiger partial charge in [0, 0.05) is 14.7 Å². The van der Waals surface area contributed by atoms with Crippen molar-refractivity contribution in [3.05, 3.63) is 43.1 Å². The minimum Gasteiger partial charge on any atom is -0.191 e. The van der Waals surface area contributed by atoms with Crippen molar-refractivity contribution in [1.29, 1.82) is 0 Å². The smallest absolute Gasteiger partial charge is 0.185 e. The van der Waals surface area contributed by atoms with Crippen molar-refractivity contribution in [3.8, 4) is 11.4 Å². The standard InChI is InChI=1S/C13H9Cl2IN4/c1-6-7(2)12-17-18-13(20(12)19-11(6)15)8-3-4-10(16)9(14)5-8/h3-5H,1-2H3. The molecule has 0 atom stereocenters. The molecule has 3 aromatic rings. The molecular weight excluding hydrogens is 410 g/mol. The lowest BCUT2D eigenvalue weighted by Gasteiger charge is -2.05. The van der Waals surface area contributed by atoms with Gasteiger partial charge in [-0.3, -0.25) is 0 Å². The van der Waals surface area contributed by atoms with Crippen LogP contribution in [0.15, 0.2) is 18.2 Å². The second-order valence-electron chi connectivity index (χ2n) is 4.43. The molecule has 0 saturated carbocycles. The van der Waals surface area contributed by atoms with E-state index in [2.05, 4.69) is 37.9 Å².